The van der Waals surface area contributed by atoms with Gasteiger partial charge in [-0.15, -0.1) is 0 Å². The van der Waals surface area contributed by atoms with Crippen LogP contribution in [0.4, 0.5) is 10.5 Å². The monoisotopic (exact) mass is 288 g/mol. The number of nitrogens with one attached hydrogen (secondary N) is 1. The molecule has 2 amide bonds. The molecule has 112 valence electrons. The Labute approximate surface area is 124 Å². The summed E-state index contributed by atoms with van der Waals surface area (Å²) in [5, 5.41) is 11.7. The summed E-state index contributed by atoms with van der Waals surface area (Å²) in [6.07, 6.45) is 5.05. The highest BCUT2D eigenvalue weighted by molar-refractivity contribution is 5.89. The van der Waals surface area contributed by atoms with Crippen molar-refractivity contribution in [3.63, 3.8) is 0 Å². The molecule has 21 heavy (non-hydrogen) atoms. The number of urea groups is 1. The molecule has 2 N–H and O–H groups in total. The van der Waals surface area contributed by atoms with Crippen molar-refractivity contribution < 1.29 is 14.7 Å². The quantitative estimate of drug-likeness (QED) is 0.837. The predicted octanol–water partition coefficient (Wildman–Crippen LogP) is 3.06. The number of carboxylic acids is 1. The standard InChI is InChI=1S/C16H20N2O3/c1-12(11-15(19)20)13-5-7-14(8-6-13)17-16(21)18-9-3-2-4-10-18/h2-3,5-8,12H,4,9-11H2,1H3,(H,17,21)(H,19,20). The first kappa shape index (κ1) is 15.1. The third kappa shape index (κ3) is 4.34. The van der Waals surface area contributed by atoms with Gasteiger partial charge in [-0.3, -0.25) is 4.79 Å². The minimum atomic E-state index is -0.807. The maximum Gasteiger partial charge on any atom is 0.322 e. The lowest BCUT2D eigenvalue weighted by Crippen LogP contribution is -2.37. The zero-order valence-corrected chi connectivity index (χ0v) is 12.1. The van der Waals surface area contributed by atoms with Crippen molar-refractivity contribution in [3.05, 3.63) is 42.0 Å². The largest absolute Gasteiger partial charge is 0.481 e. The summed E-state index contributed by atoms with van der Waals surface area (Å²) in [5.74, 6) is -0.850. The molecule has 1 aromatic carbocycles. The van der Waals surface area contributed by atoms with Crippen LogP contribution >= 0.6 is 0 Å². The van der Waals surface area contributed by atoms with E-state index < -0.39 is 5.97 Å². The molecule has 0 aromatic heterocycles. The van der Waals surface area contributed by atoms with Gasteiger partial charge in [-0.05, 0) is 30.0 Å². The van der Waals surface area contributed by atoms with Crippen LogP contribution in [-0.2, 0) is 4.79 Å². The molecular weight excluding hydrogens is 268 g/mol. The van der Waals surface area contributed by atoms with Gasteiger partial charge in [0.1, 0.15) is 0 Å². The molecule has 1 atom stereocenters. The number of amides is 2. The summed E-state index contributed by atoms with van der Waals surface area (Å²) < 4.78 is 0. The van der Waals surface area contributed by atoms with E-state index in [1.807, 2.05) is 37.3 Å². The Balaban J connectivity index is 1.94. The normalized spacial score (nSPS) is 15.6. The molecule has 1 heterocycles. The van der Waals surface area contributed by atoms with Gasteiger partial charge in [0.05, 0.1) is 6.42 Å². The van der Waals surface area contributed by atoms with Gasteiger partial charge in [0.2, 0.25) is 0 Å². The number of nitrogens with zero attached hydrogens (tertiary/aromatic N) is 1. The fourth-order valence-corrected chi connectivity index (χ4v) is 2.30. The van der Waals surface area contributed by atoms with Crippen molar-refractivity contribution in [2.24, 2.45) is 0 Å². The molecule has 1 aliphatic heterocycles. The van der Waals surface area contributed by atoms with Crippen LogP contribution < -0.4 is 5.32 Å². The van der Waals surface area contributed by atoms with Crippen LogP contribution in [0.3, 0.4) is 0 Å². The van der Waals surface area contributed by atoms with Crippen LogP contribution in [-0.4, -0.2) is 35.1 Å². The van der Waals surface area contributed by atoms with Crippen molar-refractivity contribution >= 4 is 17.7 Å². The minimum absolute atomic E-state index is 0.0421. The molecule has 0 radical (unpaired) electrons. The average molecular weight is 288 g/mol. The van der Waals surface area contributed by atoms with Crippen LogP contribution in [0.5, 0.6) is 0 Å². The fourth-order valence-electron chi connectivity index (χ4n) is 2.30. The fraction of sp³-hybridized carbons (Fsp3) is 0.375. The molecule has 0 bridgehead atoms. The lowest BCUT2D eigenvalue weighted by Gasteiger charge is -2.23. The van der Waals surface area contributed by atoms with Crippen LogP contribution in [0.1, 0.15) is 31.2 Å². The van der Waals surface area contributed by atoms with Gasteiger partial charge < -0.3 is 15.3 Å². The second-order valence-electron chi connectivity index (χ2n) is 5.26. The summed E-state index contributed by atoms with van der Waals surface area (Å²) >= 11 is 0. The molecule has 5 nitrogen and oxygen atoms in total. The van der Waals surface area contributed by atoms with Crippen molar-refractivity contribution in [2.75, 3.05) is 18.4 Å². The van der Waals surface area contributed by atoms with E-state index in [4.69, 9.17) is 5.11 Å². The van der Waals surface area contributed by atoms with E-state index in [0.29, 0.717) is 6.54 Å². The maximum atomic E-state index is 12.0. The highest BCUT2D eigenvalue weighted by Crippen LogP contribution is 2.21. The summed E-state index contributed by atoms with van der Waals surface area (Å²) in [7, 11) is 0. The lowest BCUT2D eigenvalue weighted by atomic mass is 9.98. The van der Waals surface area contributed by atoms with E-state index in [1.54, 1.807) is 4.90 Å². The van der Waals surface area contributed by atoms with Gasteiger partial charge in [-0.1, -0.05) is 31.2 Å². The van der Waals surface area contributed by atoms with E-state index >= 15 is 0 Å². The van der Waals surface area contributed by atoms with Gasteiger partial charge in [0.15, 0.2) is 0 Å². The first-order valence-corrected chi connectivity index (χ1v) is 7.09. The van der Waals surface area contributed by atoms with E-state index in [-0.39, 0.29) is 18.4 Å². The first-order valence-electron chi connectivity index (χ1n) is 7.09. The highest BCUT2D eigenvalue weighted by atomic mass is 16.4. The molecule has 0 saturated heterocycles. The molecule has 0 spiro atoms. The first-order chi connectivity index (χ1) is 10.1. The lowest BCUT2D eigenvalue weighted by molar-refractivity contribution is -0.137. The number of anilines is 1. The van der Waals surface area contributed by atoms with Crippen molar-refractivity contribution in [3.8, 4) is 0 Å². The summed E-state index contributed by atoms with van der Waals surface area (Å²) in [6, 6.07) is 7.24. The van der Waals surface area contributed by atoms with E-state index in [2.05, 4.69) is 11.4 Å². The second-order valence-corrected chi connectivity index (χ2v) is 5.26. The summed E-state index contributed by atoms with van der Waals surface area (Å²) in [5.41, 5.74) is 1.68. The number of carbonyl (C=O) groups excluding carboxylic acids is 1. The number of aliphatic carboxylic acids is 1. The van der Waals surface area contributed by atoms with Crippen molar-refractivity contribution in [1.29, 1.82) is 0 Å². The molecule has 1 aromatic rings. The Kier molecular flexibility index (Phi) is 4.98. The SMILES string of the molecule is CC(CC(=O)O)c1ccc(NC(=O)N2CC=CCC2)cc1. The van der Waals surface area contributed by atoms with Crippen LogP contribution in [0.2, 0.25) is 0 Å². The molecule has 2 rings (SSSR count). The second kappa shape index (κ2) is 6.92. The van der Waals surface area contributed by atoms with Gasteiger partial charge in [0, 0.05) is 18.8 Å². The number of benzene rings is 1. The van der Waals surface area contributed by atoms with Gasteiger partial charge >= 0.3 is 12.0 Å². The summed E-state index contributed by atoms with van der Waals surface area (Å²) in [6.45, 7) is 3.25. The Morgan fingerprint density at radius 2 is 2.00 bits per heavy atom. The minimum Gasteiger partial charge on any atom is -0.481 e. The zero-order chi connectivity index (χ0) is 15.2. The van der Waals surface area contributed by atoms with Crippen LogP contribution in [0.15, 0.2) is 36.4 Å². The Morgan fingerprint density at radius 3 is 2.57 bits per heavy atom. The van der Waals surface area contributed by atoms with E-state index in [1.165, 1.54) is 0 Å². The molecule has 0 saturated carbocycles. The van der Waals surface area contributed by atoms with E-state index in [0.717, 1.165) is 24.2 Å². The van der Waals surface area contributed by atoms with Crippen molar-refractivity contribution in [1.82, 2.24) is 4.90 Å². The number of hydrogen-bond donors (Lipinski definition) is 2. The van der Waals surface area contributed by atoms with Crippen LogP contribution in [0.25, 0.3) is 0 Å². The van der Waals surface area contributed by atoms with Gasteiger partial charge in [0.25, 0.3) is 0 Å². The van der Waals surface area contributed by atoms with Gasteiger partial charge in [-0.2, -0.15) is 0 Å². The number of carboxylic acid groups (broad SMARTS) is 1. The van der Waals surface area contributed by atoms with Gasteiger partial charge in [-0.25, -0.2) is 4.79 Å². The van der Waals surface area contributed by atoms with Crippen molar-refractivity contribution in [2.45, 2.75) is 25.7 Å². The number of rotatable bonds is 4. The van der Waals surface area contributed by atoms with Crippen LogP contribution in [0, 0.1) is 0 Å². The molecule has 0 fully saturated rings. The highest BCUT2D eigenvalue weighted by Gasteiger charge is 2.14. The molecule has 5 heteroatoms. The Hall–Kier alpha value is -2.30. The maximum absolute atomic E-state index is 12.0. The predicted molar refractivity (Wildman–Crippen MR) is 81.5 cm³/mol. The number of carbonyl (C=O) groups is 2. The van der Waals surface area contributed by atoms with E-state index in [9.17, 15) is 9.59 Å². The Bertz CT molecular complexity index is 537. The molecule has 0 aliphatic carbocycles. The average Bonchev–Trinajstić information content (AvgIpc) is 2.48. The molecular formula is C16H20N2O3. The number of hydrogen-bond acceptors (Lipinski definition) is 2. The zero-order valence-electron chi connectivity index (χ0n) is 12.1. The molecule has 1 unspecified atom stereocenters. The summed E-state index contributed by atoms with van der Waals surface area (Å²) in [4.78, 5) is 24.5. The topological polar surface area (TPSA) is 69.6 Å². The third-order valence-electron chi connectivity index (χ3n) is 3.56. The smallest absolute Gasteiger partial charge is 0.322 e. The third-order valence-corrected chi connectivity index (χ3v) is 3.56. The Morgan fingerprint density at radius 1 is 1.29 bits per heavy atom. The molecule has 1 aliphatic rings.